The van der Waals surface area contributed by atoms with Crippen LogP contribution in [0.3, 0.4) is 0 Å². The zero-order chi connectivity index (χ0) is 26.1. The van der Waals surface area contributed by atoms with E-state index in [0.29, 0.717) is 38.1 Å². The minimum atomic E-state index is -1.00. The predicted molar refractivity (Wildman–Crippen MR) is 142 cm³/mol. The van der Waals surface area contributed by atoms with Crippen LogP contribution in [-0.4, -0.2) is 48.8 Å². The van der Waals surface area contributed by atoms with Crippen LogP contribution in [0.2, 0.25) is 0 Å². The molecule has 0 bridgehead atoms. The lowest BCUT2D eigenvalue weighted by molar-refractivity contribution is -0.141. The highest BCUT2D eigenvalue weighted by Crippen LogP contribution is 2.39. The van der Waals surface area contributed by atoms with Gasteiger partial charge in [-0.3, -0.25) is 4.79 Å². The molecular weight excluding hydrogens is 464 g/mol. The van der Waals surface area contributed by atoms with Gasteiger partial charge in [0.15, 0.2) is 0 Å². The standard InChI is InChI=1S/C31H34N2O4/c1-25(34)36-22-23-37-29-15-9-8-14-28(29)31(35)17-20-33(21-18-31)19-16-30(24-32,26-10-4-2-5-11-26)27-12-6-3-7-13-27/h2-15,35H,16-23H2,1H3. The first-order chi connectivity index (χ1) is 18.0. The summed E-state index contributed by atoms with van der Waals surface area (Å²) in [5.41, 5.74) is 1.02. The number of benzene rings is 3. The lowest BCUT2D eigenvalue weighted by Gasteiger charge is -2.40. The number of carbonyl (C=O) groups excluding carboxylic acids is 1. The number of aliphatic hydroxyl groups is 1. The van der Waals surface area contributed by atoms with Crippen LogP contribution in [0.15, 0.2) is 84.9 Å². The minimum absolute atomic E-state index is 0.166. The van der Waals surface area contributed by atoms with Gasteiger partial charge < -0.3 is 19.5 Å². The third kappa shape index (κ3) is 6.19. The number of piperidine rings is 1. The van der Waals surface area contributed by atoms with Crippen LogP contribution >= 0.6 is 0 Å². The SMILES string of the molecule is CC(=O)OCCOc1ccccc1C1(O)CCN(CCC(C#N)(c2ccccc2)c2ccccc2)CC1. The van der Waals surface area contributed by atoms with E-state index in [1.54, 1.807) is 0 Å². The number of hydrogen-bond donors (Lipinski definition) is 1. The van der Waals surface area contributed by atoms with Crippen molar-refractivity contribution >= 4 is 5.97 Å². The molecule has 1 N–H and O–H groups in total. The fourth-order valence-electron chi connectivity index (χ4n) is 5.14. The zero-order valence-corrected chi connectivity index (χ0v) is 21.3. The molecule has 0 amide bonds. The number of nitrogens with zero attached hydrogens (tertiary/aromatic N) is 2. The number of esters is 1. The van der Waals surface area contributed by atoms with Crippen LogP contribution in [0.5, 0.6) is 5.75 Å². The van der Waals surface area contributed by atoms with Gasteiger partial charge >= 0.3 is 5.97 Å². The molecule has 1 saturated heterocycles. The lowest BCUT2D eigenvalue weighted by Crippen LogP contribution is -2.44. The fourth-order valence-corrected chi connectivity index (χ4v) is 5.14. The maximum Gasteiger partial charge on any atom is 0.302 e. The van der Waals surface area contributed by atoms with Crippen molar-refractivity contribution in [1.82, 2.24) is 4.90 Å². The summed E-state index contributed by atoms with van der Waals surface area (Å²) in [5, 5.41) is 22.0. The summed E-state index contributed by atoms with van der Waals surface area (Å²) in [6.45, 7) is 3.93. The van der Waals surface area contributed by atoms with E-state index in [2.05, 4.69) is 11.0 Å². The van der Waals surface area contributed by atoms with E-state index in [-0.39, 0.29) is 19.2 Å². The van der Waals surface area contributed by atoms with E-state index < -0.39 is 11.0 Å². The Morgan fingerprint density at radius 3 is 2.08 bits per heavy atom. The van der Waals surface area contributed by atoms with E-state index in [9.17, 15) is 15.2 Å². The maximum atomic E-state index is 11.6. The summed E-state index contributed by atoms with van der Waals surface area (Å²) >= 11 is 0. The number of likely N-dealkylation sites (tertiary alicyclic amines) is 1. The first kappa shape index (κ1) is 26.4. The molecule has 0 atom stereocenters. The van der Waals surface area contributed by atoms with Gasteiger partial charge in [0.1, 0.15) is 24.4 Å². The highest BCUT2D eigenvalue weighted by Gasteiger charge is 2.38. The van der Waals surface area contributed by atoms with Gasteiger partial charge in [0.2, 0.25) is 0 Å². The van der Waals surface area contributed by atoms with E-state index in [0.717, 1.165) is 23.2 Å². The van der Waals surface area contributed by atoms with Gasteiger partial charge in [-0.05, 0) is 36.5 Å². The minimum Gasteiger partial charge on any atom is -0.490 e. The van der Waals surface area contributed by atoms with E-state index in [4.69, 9.17) is 9.47 Å². The number of ether oxygens (including phenoxy) is 2. The first-order valence-corrected chi connectivity index (χ1v) is 12.8. The van der Waals surface area contributed by atoms with E-state index in [1.165, 1.54) is 6.92 Å². The Kier molecular flexibility index (Phi) is 8.60. The average Bonchev–Trinajstić information content (AvgIpc) is 2.94. The fraction of sp³-hybridized carbons (Fsp3) is 0.355. The number of para-hydroxylation sites is 1. The quantitative estimate of drug-likeness (QED) is 0.319. The topological polar surface area (TPSA) is 82.8 Å². The van der Waals surface area contributed by atoms with Gasteiger partial charge in [0.25, 0.3) is 0 Å². The second-order valence-corrected chi connectivity index (χ2v) is 9.56. The van der Waals surface area contributed by atoms with Gasteiger partial charge in [-0.1, -0.05) is 78.9 Å². The molecule has 0 unspecified atom stereocenters. The number of nitriles is 1. The Morgan fingerprint density at radius 2 is 1.51 bits per heavy atom. The van der Waals surface area contributed by atoms with Crippen molar-refractivity contribution in [3.63, 3.8) is 0 Å². The Morgan fingerprint density at radius 1 is 0.946 bits per heavy atom. The van der Waals surface area contributed by atoms with Crippen LogP contribution in [0.4, 0.5) is 0 Å². The normalized spacial score (nSPS) is 15.5. The predicted octanol–water partition coefficient (Wildman–Crippen LogP) is 4.81. The van der Waals surface area contributed by atoms with Gasteiger partial charge in [-0.15, -0.1) is 0 Å². The summed E-state index contributed by atoms with van der Waals surface area (Å²) in [6.07, 6.45) is 1.78. The molecule has 37 heavy (non-hydrogen) atoms. The molecule has 6 heteroatoms. The summed E-state index contributed by atoms with van der Waals surface area (Å²) in [6, 6.07) is 30.2. The molecule has 1 aliphatic heterocycles. The molecule has 4 rings (SSSR count). The highest BCUT2D eigenvalue weighted by molar-refractivity contribution is 5.65. The molecule has 3 aromatic rings. The number of carbonyl (C=O) groups is 1. The van der Waals surface area contributed by atoms with Crippen molar-refractivity contribution in [3.05, 3.63) is 102 Å². The van der Waals surface area contributed by atoms with Crippen molar-refractivity contribution in [1.29, 1.82) is 5.26 Å². The molecule has 0 radical (unpaired) electrons. The summed E-state index contributed by atoms with van der Waals surface area (Å²) in [4.78, 5) is 13.3. The third-order valence-electron chi connectivity index (χ3n) is 7.24. The second kappa shape index (κ2) is 12.1. The Bertz CT molecular complexity index is 1160. The molecule has 0 aromatic heterocycles. The Hall–Kier alpha value is -3.66. The van der Waals surface area contributed by atoms with Gasteiger partial charge in [-0.2, -0.15) is 5.26 Å². The van der Waals surface area contributed by atoms with Crippen molar-refractivity contribution in [2.24, 2.45) is 0 Å². The highest BCUT2D eigenvalue weighted by atomic mass is 16.6. The molecule has 0 saturated carbocycles. The van der Waals surface area contributed by atoms with Crippen LogP contribution in [0, 0.1) is 11.3 Å². The van der Waals surface area contributed by atoms with E-state index >= 15 is 0 Å². The molecule has 1 fully saturated rings. The zero-order valence-electron chi connectivity index (χ0n) is 21.3. The summed E-state index contributed by atoms with van der Waals surface area (Å²) < 4.78 is 10.8. The monoisotopic (exact) mass is 498 g/mol. The Labute approximate surface area is 219 Å². The molecule has 0 spiro atoms. The van der Waals surface area contributed by atoms with Gasteiger partial charge in [0, 0.05) is 32.1 Å². The van der Waals surface area contributed by atoms with Gasteiger partial charge in [-0.25, -0.2) is 0 Å². The van der Waals surface area contributed by atoms with Crippen LogP contribution in [-0.2, 0) is 20.5 Å². The van der Waals surface area contributed by atoms with Crippen molar-refractivity contribution in [2.45, 2.75) is 37.2 Å². The first-order valence-electron chi connectivity index (χ1n) is 12.8. The lowest BCUT2D eigenvalue weighted by atomic mass is 9.73. The summed E-state index contributed by atoms with van der Waals surface area (Å²) in [7, 11) is 0. The molecule has 192 valence electrons. The van der Waals surface area contributed by atoms with Gasteiger partial charge in [0.05, 0.1) is 11.7 Å². The number of hydrogen-bond acceptors (Lipinski definition) is 6. The average molecular weight is 499 g/mol. The summed E-state index contributed by atoms with van der Waals surface area (Å²) in [5.74, 6) is 0.269. The maximum absolute atomic E-state index is 11.6. The van der Waals surface area contributed by atoms with E-state index in [1.807, 2.05) is 84.9 Å². The molecule has 3 aromatic carbocycles. The third-order valence-corrected chi connectivity index (χ3v) is 7.24. The molecule has 1 heterocycles. The largest absolute Gasteiger partial charge is 0.490 e. The number of rotatable bonds is 10. The molecule has 1 aliphatic rings. The van der Waals surface area contributed by atoms with Crippen LogP contribution in [0.1, 0.15) is 42.9 Å². The van der Waals surface area contributed by atoms with Crippen LogP contribution < -0.4 is 4.74 Å². The molecule has 0 aliphatic carbocycles. The second-order valence-electron chi connectivity index (χ2n) is 9.56. The smallest absolute Gasteiger partial charge is 0.302 e. The Balaban J connectivity index is 1.43. The molecular formula is C31H34N2O4. The van der Waals surface area contributed by atoms with Crippen molar-refractivity contribution in [3.8, 4) is 11.8 Å². The van der Waals surface area contributed by atoms with Crippen molar-refractivity contribution < 1.29 is 19.4 Å². The molecule has 6 nitrogen and oxygen atoms in total. The van der Waals surface area contributed by atoms with Crippen molar-refractivity contribution in [2.75, 3.05) is 32.8 Å². The van der Waals surface area contributed by atoms with Crippen LogP contribution in [0.25, 0.3) is 0 Å².